The molecule has 1 aliphatic heterocycles. The Labute approximate surface area is 334 Å². The largest absolute Gasteiger partial charge is 0 e. The molecule has 0 N–H and O–H groups in total. The average molecular weight is 936 g/mol. The molecule has 0 fully saturated rings. The van der Waals surface area contributed by atoms with Crippen molar-refractivity contribution in [2.75, 3.05) is 0 Å². The van der Waals surface area contributed by atoms with Gasteiger partial charge >= 0.3 is 128 Å². The molecular formula is C48H48GeIrN2O-2. The molecule has 0 spiro atoms. The van der Waals surface area contributed by atoms with E-state index in [1.165, 1.54) is 16.7 Å². The number of nitrogens with zero attached hydrogens (tertiary/aromatic N) is 2. The van der Waals surface area contributed by atoms with Crippen LogP contribution in [0.2, 0.25) is 17.3 Å². The van der Waals surface area contributed by atoms with Gasteiger partial charge in [0.05, 0.1) is 11.3 Å². The van der Waals surface area contributed by atoms with Gasteiger partial charge in [-0.3, -0.25) is 4.99 Å². The van der Waals surface area contributed by atoms with E-state index in [0.717, 1.165) is 60.1 Å². The maximum atomic E-state index is 8.56. The Morgan fingerprint density at radius 1 is 0.811 bits per heavy atom. The van der Waals surface area contributed by atoms with Crippen LogP contribution in [0, 0.1) is 18.1 Å². The molecule has 5 heteroatoms. The molecule has 2 aromatic heterocycles. The number of fused-ring (bicyclic) bond motifs is 4. The number of hydrogen-bond acceptors (Lipinski definition) is 3. The summed E-state index contributed by atoms with van der Waals surface area (Å²) in [5, 5.41) is 2.23. The fraction of sp³-hybridized carbons (Fsp3) is 0.250. The van der Waals surface area contributed by atoms with Gasteiger partial charge in [-0.15, -0.1) is 18.2 Å². The van der Waals surface area contributed by atoms with Gasteiger partial charge in [0, 0.05) is 31.4 Å². The number of aliphatic imine (C=N–C) groups is 1. The molecular weight excluding hydrogens is 885 g/mol. The summed E-state index contributed by atoms with van der Waals surface area (Å²) in [6.45, 7) is 10.7. The number of benzene rings is 5. The van der Waals surface area contributed by atoms with E-state index in [4.69, 9.17) is 12.2 Å². The fourth-order valence-corrected chi connectivity index (χ4v) is 10.1. The molecule has 53 heavy (non-hydrogen) atoms. The quantitative estimate of drug-likeness (QED) is 0.123. The second-order valence-corrected chi connectivity index (χ2v) is 26.5. The van der Waals surface area contributed by atoms with Crippen molar-refractivity contribution in [2.24, 2.45) is 10.9 Å². The summed E-state index contributed by atoms with van der Waals surface area (Å²) in [5.74, 6) is 6.81. The topological polar surface area (TPSA) is 38.4 Å². The van der Waals surface area contributed by atoms with E-state index in [1.807, 2.05) is 68.6 Å². The van der Waals surface area contributed by atoms with Crippen molar-refractivity contribution in [3.05, 3.63) is 161 Å². The summed E-state index contributed by atoms with van der Waals surface area (Å²) in [7, 11) is 0. The normalized spacial score (nSPS) is 14.9. The van der Waals surface area contributed by atoms with Crippen LogP contribution in [0.3, 0.4) is 0 Å². The fourth-order valence-electron chi connectivity index (χ4n) is 7.19. The zero-order chi connectivity index (χ0) is 38.4. The monoisotopic (exact) mass is 937 g/mol. The van der Waals surface area contributed by atoms with E-state index in [0.29, 0.717) is 0 Å². The molecule has 0 aliphatic carbocycles. The zero-order valence-corrected chi connectivity index (χ0v) is 36.3. The summed E-state index contributed by atoms with van der Waals surface area (Å²) in [6.07, 6.45) is 0.562. The van der Waals surface area contributed by atoms with Gasteiger partial charge in [-0.1, -0.05) is 92.4 Å². The first kappa shape index (κ1) is 35.9. The van der Waals surface area contributed by atoms with Crippen molar-refractivity contribution in [3.8, 4) is 11.3 Å². The molecule has 1 aliphatic rings. The van der Waals surface area contributed by atoms with Gasteiger partial charge in [0.2, 0.25) is 0 Å². The predicted molar refractivity (Wildman–Crippen MR) is 222 cm³/mol. The molecule has 0 amide bonds. The molecule has 3 nitrogen and oxygen atoms in total. The van der Waals surface area contributed by atoms with Crippen molar-refractivity contribution in [1.82, 2.24) is 4.98 Å². The molecule has 0 bridgehead atoms. The van der Waals surface area contributed by atoms with Crippen LogP contribution < -0.4 is 4.40 Å². The van der Waals surface area contributed by atoms with E-state index >= 15 is 0 Å². The van der Waals surface area contributed by atoms with Crippen LogP contribution in [-0.2, 0) is 31.9 Å². The van der Waals surface area contributed by atoms with Crippen molar-refractivity contribution in [2.45, 2.75) is 69.6 Å². The van der Waals surface area contributed by atoms with Crippen LogP contribution in [0.5, 0.6) is 0 Å². The van der Waals surface area contributed by atoms with Crippen LogP contribution >= 0.6 is 0 Å². The minimum Gasteiger partial charge on any atom is 0 e. The molecule has 1 atom stereocenters. The van der Waals surface area contributed by atoms with E-state index in [-0.39, 0.29) is 37.4 Å². The first-order chi connectivity index (χ1) is 25.7. The molecule has 0 saturated heterocycles. The number of pyridine rings is 1. The molecule has 7 aromatic rings. The van der Waals surface area contributed by atoms with Crippen molar-refractivity contribution < 1.29 is 27.3 Å². The van der Waals surface area contributed by atoms with Gasteiger partial charge in [-0.25, -0.2) is 0 Å². The van der Waals surface area contributed by atoms with E-state index in [9.17, 15) is 0 Å². The summed E-state index contributed by atoms with van der Waals surface area (Å²) >= 11 is -2.20. The third-order valence-electron chi connectivity index (χ3n) is 9.58. The van der Waals surface area contributed by atoms with Crippen molar-refractivity contribution >= 4 is 51.0 Å². The Morgan fingerprint density at radius 2 is 1.51 bits per heavy atom. The molecule has 0 saturated carbocycles. The van der Waals surface area contributed by atoms with Gasteiger partial charge in [0.15, 0.2) is 0 Å². The summed E-state index contributed by atoms with van der Waals surface area (Å²) < 4.78 is 24.6. The second kappa shape index (κ2) is 15.7. The van der Waals surface area contributed by atoms with E-state index < -0.39 is 19.6 Å². The van der Waals surface area contributed by atoms with Crippen molar-refractivity contribution in [1.29, 1.82) is 0 Å². The average Bonchev–Trinajstić information content (AvgIpc) is 3.73. The van der Waals surface area contributed by atoms with E-state index in [2.05, 4.69) is 122 Å². The molecule has 271 valence electrons. The van der Waals surface area contributed by atoms with Gasteiger partial charge in [-0.05, 0) is 39.9 Å². The first-order valence-corrected chi connectivity index (χ1v) is 25.6. The standard InChI is InChI=1S/C30H24NO.C18H24GeN.Ir/c1-30(2,3)24-16-7-4-12-21(24)27-22-13-5-8-17-25(22)31-28(27)23-15-10-14-20-19-11-6-9-18-26(19)32-29(20)23;1-14(2)11-16-12-18(15-9-7-6-8-10-15)20-13-17(16)19(3,4)5;/h4-14,16-18,27H,1-3H3;6-9,12-14H,11H2,1-5H3;/q2*-1;/i;11D2;. The maximum Gasteiger partial charge on any atom is 0 e. The number of para-hydroxylation sites is 2. The Morgan fingerprint density at radius 3 is 2.23 bits per heavy atom. The Kier molecular flexibility index (Phi) is 10.6. The maximum absolute atomic E-state index is 8.56. The summed E-state index contributed by atoms with van der Waals surface area (Å²) in [5.41, 5.74) is 11.2. The SMILES string of the molecule is CC(C)(C)c1ccccc1C1C(c2[c-]ccc3c2oc2ccccc23)=Nc2ccccc21.[2H]C([2H])(c1cc(-c2[c-]cccc2)nc[c]1[Ge]([CH3])([CH3])[CH3])C(C)C.[Ir]. The first-order valence-electron chi connectivity index (χ1n) is 19.2. The second-order valence-electron chi connectivity index (χ2n) is 16.0. The number of furan rings is 1. The number of hydrogen-bond donors (Lipinski definition) is 0. The summed E-state index contributed by atoms with van der Waals surface area (Å²) in [6, 6.07) is 45.9. The number of rotatable bonds is 6. The Hall–Kier alpha value is -4.09. The van der Waals surface area contributed by atoms with Gasteiger partial charge < -0.3 is 4.42 Å². The van der Waals surface area contributed by atoms with Crippen molar-refractivity contribution in [3.63, 3.8) is 0 Å². The van der Waals surface area contributed by atoms with Gasteiger partial charge in [0.25, 0.3) is 0 Å². The van der Waals surface area contributed by atoms with Crippen LogP contribution in [-0.4, -0.2) is 24.0 Å². The van der Waals surface area contributed by atoms with Crippen LogP contribution in [0.15, 0.2) is 131 Å². The molecule has 1 radical (unpaired) electrons. The predicted octanol–water partition coefficient (Wildman–Crippen LogP) is 12.2. The van der Waals surface area contributed by atoms with Gasteiger partial charge in [-0.2, -0.15) is 0 Å². The number of aromatic nitrogens is 1. The van der Waals surface area contributed by atoms with E-state index in [1.54, 1.807) is 0 Å². The zero-order valence-electron chi connectivity index (χ0n) is 33.8. The molecule has 3 heterocycles. The minimum absolute atomic E-state index is 0. The molecule has 1 unspecified atom stereocenters. The third-order valence-corrected chi connectivity index (χ3v) is 13.8. The van der Waals surface area contributed by atoms with Crippen LogP contribution in [0.25, 0.3) is 33.2 Å². The summed E-state index contributed by atoms with van der Waals surface area (Å²) in [4.78, 5) is 9.75. The molecule has 5 aromatic carbocycles. The minimum atomic E-state index is -2.20. The third kappa shape index (κ3) is 8.06. The Bertz CT molecular complexity index is 2490. The smallest absolute Gasteiger partial charge is 0 e. The van der Waals surface area contributed by atoms with Gasteiger partial charge in [0.1, 0.15) is 5.58 Å². The van der Waals surface area contributed by atoms with Crippen LogP contribution in [0.4, 0.5) is 5.69 Å². The molecule has 8 rings (SSSR count). The van der Waals surface area contributed by atoms with Crippen LogP contribution in [0.1, 0.15) is 71.1 Å². The Balaban J connectivity index is 0.000000198.